The predicted molar refractivity (Wildman–Crippen MR) is 146 cm³/mol. The summed E-state index contributed by atoms with van der Waals surface area (Å²) in [5.41, 5.74) is 1.06. The van der Waals surface area contributed by atoms with Gasteiger partial charge in [0.25, 0.3) is 20.0 Å². The van der Waals surface area contributed by atoms with Gasteiger partial charge in [-0.05, 0) is 61.0 Å². The first kappa shape index (κ1) is 26.8. The maximum absolute atomic E-state index is 13.2. The fourth-order valence-corrected chi connectivity index (χ4v) is 6.05. The topological polar surface area (TPSA) is 117 Å². The summed E-state index contributed by atoms with van der Waals surface area (Å²) in [5, 5.41) is 3.28. The van der Waals surface area contributed by atoms with Crippen LogP contribution in [0.25, 0.3) is 0 Å². The Kier molecular flexibility index (Phi) is 8.57. The summed E-state index contributed by atoms with van der Waals surface area (Å²) in [6, 6.07) is 19.1. The van der Waals surface area contributed by atoms with E-state index in [-0.39, 0.29) is 21.2 Å². The molecule has 11 heteroatoms. The lowest BCUT2D eigenvalue weighted by molar-refractivity contribution is 0.309. The highest BCUT2D eigenvalue weighted by atomic mass is 32.2. The van der Waals surface area contributed by atoms with Crippen molar-refractivity contribution in [1.82, 2.24) is 5.32 Å². The Morgan fingerprint density at radius 3 is 2.08 bits per heavy atom. The van der Waals surface area contributed by atoms with Crippen molar-refractivity contribution in [3.63, 3.8) is 0 Å². The van der Waals surface area contributed by atoms with Crippen molar-refractivity contribution < 1.29 is 21.6 Å². The summed E-state index contributed by atoms with van der Waals surface area (Å²) >= 11 is 0. The average molecular weight is 545 g/mol. The molecule has 0 bridgehead atoms. The molecule has 0 spiro atoms. The van der Waals surface area contributed by atoms with Gasteiger partial charge in [-0.15, -0.1) is 0 Å². The molecule has 0 unspecified atom stereocenters. The molecule has 1 aliphatic heterocycles. The van der Waals surface area contributed by atoms with Crippen LogP contribution in [0.2, 0.25) is 0 Å². The van der Waals surface area contributed by atoms with Crippen molar-refractivity contribution in [3.8, 4) is 5.75 Å². The molecule has 198 valence electrons. The highest BCUT2D eigenvalue weighted by molar-refractivity contribution is 7.93. The summed E-state index contributed by atoms with van der Waals surface area (Å²) in [7, 11) is -7.95. The van der Waals surface area contributed by atoms with Crippen LogP contribution in [-0.4, -0.2) is 49.6 Å². The van der Waals surface area contributed by atoms with Crippen molar-refractivity contribution in [2.75, 3.05) is 47.1 Å². The molecular formula is C26H32N4O5S2. The number of nitrogens with one attached hydrogen (secondary N) is 3. The molecule has 4 rings (SSSR count). The Labute approximate surface area is 219 Å². The van der Waals surface area contributed by atoms with E-state index in [1.165, 1.54) is 24.3 Å². The van der Waals surface area contributed by atoms with E-state index < -0.39 is 20.0 Å². The van der Waals surface area contributed by atoms with E-state index in [0.717, 1.165) is 44.7 Å². The monoisotopic (exact) mass is 544 g/mol. The number of piperazine rings is 1. The SMILES string of the molecule is CCCCOc1ccc(S(=O)(=O)Nc2ccc(N3CCNCC3)cc2NS(=O)(=O)c2ccccc2)cc1. The quantitative estimate of drug-likeness (QED) is 0.314. The second-order valence-corrected chi connectivity index (χ2v) is 12.0. The van der Waals surface area contributed by atoms with Crippen molar-refractivity contribution in [2.24, 2.45) is 0 Å². The van der Waals surface area contributed by atoms with Crippen molar-refractivity contribution in [1.29, 1.82) is 0 Å². The minimum atomic E-state index is -4.00. The first-order valence-corrected chi connectivity index (χ1v) is 15.2. The molecule has 3 N–H and O–H groups in total. The summed E-state index contributed by atoms with van der Waals surface area (Å²) in [6.07, 6.45) is 1.91. The van der Waals surface area contributed by atoms with Gasteiger partial charge in [0.05, 0.1) is 27.8 Å². The molecule has 0 saturated carbocycles. The third kappa shape index (κ3) is 6.94. The van der Waals surface area contributed by atoms with E-state index >= 15 is 0 Å². The zero-order valence-electron chi connectivity index (χ0n) is 20.7. The lowest BCUT2D eigenvalue weighted by atomic mass is 10.2. The van der Waals surface area contributed by atoms with Gasteiger partial charge in [0.2, 0.25) is 0 Å². The zero-order valence-corrected chi connectivity index (χ0v) is 22.3. The Bertz CT molecular complexity index is 1390. The highest BCUT2D eigenvalue weighted by Crippen LogP contribution is 2.32. The first-order valence-electron chi connectivity index (χ1n) is 12.2. The van der Waals surface area contributed by atoms with Crippen LogP contribution in [0.5, 0.6) is 5.75 Å². The fourth-order valence-electron chi connectivity index (χ4n) is 3.88. The third-order valence-corrected chi connectivity index (χ3v) is 8.69. The van der Waals surface area contributed by atoms with Gasteiger partial charge in [-0.25, -0.2) is 16.8 Å². The Morgan fingerprint density at radius 2 is 1.43 bits per heavy atom. The van der Waals surface area contributed by atoms with Crippen molar-refractivity contribution >= 4 is 37.1 Å². The molecule has 0 radical (unpaired) electrons. The number of anilines is 3. The summed E-state index contributed by atoms with van der Waals surface area (Å²) in [4.78, 5) is 2.24. The number of nitrogens with zero attached hydrogens (tertiary/aromatic N) is 1. The number of benzene rings is 3. The molecule has 1 saturated heterocycles. The molecule has 0 atom stereocenters. The minimum Gasteiger partial charge on any atom is -0.494 e. The van der Waals surface area contributed by atoms with Gasteiger partial charge in [0, 0.05) is 31.9 Å². The number of sulfonamides is 2. The van der Waals surface area contributed by atoms with Gasteiger partial charge < -0.3 is 15.0 Å². The standard InChI is InChI=1S/C26H32N4O5S2/c1-2-3-19-35-22-10-12-24(13-11-22)37(33,34)28-25-14-9-21(30-17-15-27-16-18-30)20-26(25)29-36(31,32)23-7-5-4-6-8-23/h4-14,20,27-29H,2-3,15-19H2,1H3. The van der Waals surface area contributed by atoms with Crippen LogP contribution in [0, 0.1) is 0 Å². The molecule has 3 aromatic rings. The Balaban J connectivity index is 1.63. The third-order valence-electron chi connectivity index (χ3n) is 5.93. The molecule has 3 aromatic carbocycles. The van der Waals surface area contributed by atoms with Crippen molar-refractivity contribution in [3.05, 3.63) is 72.8 Å². The Hall–Kier alpha value is -3.28. The molecular weight excluding hydrogens is 512 g/mol. The molecule has 9 nitrogen and oxygen atoms in total. The van der Waals surface area contributed by atoms with Gasteiger partial charge in [0.1, 0.15) is 5.75 Å². The summed E-state index contributed by atoms with van der Waals surface area (Å²) < 4.78 is 63.3. The van der Waals surface area contributed by atoms with Crippen LogP contribution in [0.15, 0.2) is 82.6 Å². The average Bonchev–Trinajstić information content (AvgIpc) is 2.91. The molecule has 0 aliphatic carbocycles. The first-order chi connectivity index (χ1) is 17.8. The van der Waals surface area contributed by atoms with Crippen LogP contribution in [0.4, 0.5) is 17.1 Å². The molecule has 1 heterocycles. The second-order valence-electron chi connectivity index (χ2n) is 8.66. The van der Waals surface area contributed by atoms with Crippen LogP contribution in [0.1, 0.15) is 19.8 Å². The maximum atomic E-state index is 13.2. The van der Waals surface area contributed by atoms with E-state index in [1.807, 2.05) is 0 Å². The lowest BCUT2D eigenvalue weighted by Crippen LogP contribution is -2.43. The summed E-state index contributed by atoms with van der Waals surface area (Å²) in [6.45, 7) is 5.74. The van der Waals surface area contributed by atoms with Crippen molar-refractivity contribution in [2.45, 2.75) is 29.6 Å². The van der Waals surface area contributed by atoms with Crippen LogP contribution >= 0.6 is 0 Å². The van der Waals surface area contributed by atoms with Crippen LogP contribution in [-0.2, 0) is 20.0 Å². The van der Waals surface area contributed by atoms with E-state index in [9.17, 15) is 16.8 Å². The number of hydrogen-bond acceptors (Lipinski definition) is 7. The maximum Gasteiger partial charge on any atom is 0.261 e. The fraction of sp³-hybridized carbons (Fsp3) is 0.308. The van der Waals surface area contributed by atoms with Gasteiger partial charge in [-0.1, -0.05) is 31.5 Å². The molecule has 1 aliphatic rings. The number of rotatable bonds is 11. The Morgan fingerprint density at radius 1 is 0.811 bits per heavy atom. The molecule has 0 amide bonds. The predicted octanol–water partition coefficient (Wildman–Crippen LogP) is 3.88. The van der Waals surface area contributed by atoms with E-state index in [4.69, 9.17) is 4.74 Å². The molecule has 1 fully saturated rings. The van der Waals surface area contributed by atoms with E-state index in [2.05, 4.69) is 26.6 Å². The van der Waals surface area contributed by atoms with Gasteiger partial charge in [-0.2, -0.15) is 0 Å². The van der Waals surface area contributed by atoms with Crippen LogP contribution < -0.4 is 24.4 Å². The lowest BCUT2D eigenvalue weighted by Gasteiger charge is -2.30. The number of unbranched alkanes of at least 4 members (excludes halogenated alkanes) is 1. The minimum absolute atomic E-state index is 0.0402. The highest BCUT2D eigenvalue weighted by Gasteiger charge is 2.22. The number of ether oxygens (including phenoxy) is 1. The normalized spacial score (nSPS) is 14.2. The summed E-state index contributed by atoms with van der Waals surface area (Å²) in [5.74, 6) is 0.587. The van der Waals surface area contributed by atoms with E-state index in [0.29, 0.717) is 12.4 Å². The van der Waals surface area contributed by atoms with Gasteiger partial charge in [0.15, 0.2) is 0 Å². The van der Waals surface area contributed by atoms with Gasteiger partial charge in [-0.3, -0.25) is 9.44 Å². The zero-order chi connectivity index (χ0) is 26.3. The molecule has 0 aromatic heterocycles. The van der Waals surface area contributed by atoms with Gasteiger partial charge >= 0.3 is 0 Å². The smallest absolute Gasteiger partial charge is 0.261 e. The largest absolute Gasteiger partial charge is 0.494 e. The van der Waals surface area contributed by atoms with Crippen LogP contribution in [0.3, 0.4) is 0 Å². The number of hydrogen-bond donors (Lipinski definition) is 3. The second kappa shape index (κ2) is 11.8. The van der Waals surface area contributed by atoms with E-state index in [1.54, 1.807) is 48.5 Å². The molecule has 37 heavy (non-hydrogen) atoms.